The zero-order valence-electron chi connectivity index (χ0n) is 17.8. The van der Waals surface area contributed by atoms with Crippen LogP contribution in [0.4, 0.5) is 22.7 Å². The number of nitrogens with one attached hydrogen (secondary N) is 1. The van der Waals surface area contributed by atoms with Crippen molar-refractivity contribution in [2.45, 2.75) is 0 Å². The van der Waals surface area contributed by atoms with Crippen LogP contribution in [0.15, 0.2) is 48.5 Å². The summed E-state index contributed by atoms with van der Waals surface area (Å²) in [6, 6.07) is 11.6. The van der Waals surface area contributed by atoms with Crippen LogP contribution in [0, 0.1) is 20.2 Å². The van der Waals surface area contributed by atoms with Gasteiger partial charge >= 0.3 is 0 Å². The lowest BCUT2D eigenvalue weighted by atomic mass is 9.93. The van der Waals surface area contributed by atoms with Crippen LogP contribution in [0.2, 0.25) is 0 Å². The maximum Gasteiger partial charge on any atom is 0.299 e. The number of hydrogen-bond acceptors (Lipinski definition) is 8. The Morgan fingerprint density at radius 1 is 0.939 bits per heavy atom. The summed E-state index contributed by atoms with van der Waals surface area (Å²) in [6.07, 6.45) is 0. The van der Waals surface area contributed by atoms with E-state index in [4.69, 9.17) is 0 Å². The fraction of sp³-hybridized carbons (Fsp3) is 0.182. The van der Waals surface area contributed by atoms with Crippen LogP contribution in [0.25, 0.3) is 10.8 Å². The number of benzene rings is 3. The Labute approximate surface area is 187 Å². The van der Waals surface area contributed by atoms with Crippen molar-refractivity contribution in [3.8, 4) is 0 Å². The minimum absolute atomic E-state index is 0.0390. The van der Waals surface area contributed by atoms with Crippen molar-refractivity contribution >= 4 is 45.3 Å². The third kappa shape index (κ3) is 3.96. The summed E-state index contributed by atoms with van der Waals surface area (Å²) in [7, 11) is 3.68. The number of imide groups is 1. The summed E-state index contributed by atoms with van der Waals surface area (Å²) >= 11 is 0. The molecule has 33 heavy (non-hydrogen) atoms. The molecule has 0 aromatic heterocycles. The second kappa shape index (κ2) is 8.28. The monoisotopic (exact) mass is 449 g/mol. The Bertz CT molecular complexity index is 1340. The van der Waals surface area contributed by atoms with E-state index in [9.17, 15) is 29.8 Å². The van der Waals surface area contributed by atoms with Gasteiger partial charge in [-0.1, -0.05) is 12.1 Å². The molecule has 3 aromatic carbocycles. The number of nitrogens with zero attached hydrogens (tertiary/aromatic N) is 4. The van der Waals surface area contributed by atoms with E-state index in [1.165, 1.54) is 17.0 Å². The van der Waals surface area contributed by atoms with Crippen LogP contribution in [0.5, 0.6) is 0 Å². The highest BCUT2D eigenvalue weighted by molar-refractivity contribution is 6.26. The minimum Gasteiger partial charge on any atom is -0.350 e. The zero-order chi connectivity index (χ0) is 23.9. The van der Waals surface area contributed by atoms with Crippen molar-refractivity contribution in [3.05, 3.63) is 79.9 Å². The molecule has 1 N–H and O–H groups in total. The Hall–Kier alpha value is -4.38. The van der Waals surface area contributed by atoms with Crippen molar-refractivity contribution in [2.24, 2.45) is 0 Å². The number of nitro benzene ring substituents is 2. The molecule has 0 aliphatic carbocycles. The van der Waals surface area contributed by atoms with Crippen LogP contribution in [0.3, 0.4) is 0 Å². The number of carbonyl (C=O) groups is 2. The molecule has 0 unspecified atom stereocenters. The summed E-state index contributed by atoms with van der Waals surface area (Å²) < 4.78 is 0. The van der Waals surface area contributed by atoms with Gasteiger partial charge in [-0.2, -0.15) is 0 Å². The summed E-state index contributed by atoms with van der Waals surface area (Å²) in [5, 5.41) is 26.5. The SMILES string of the molecule is CN(C)CCN1C(=O)c2cccc3cc(Nc4ccc([N+](=O)[O-])cc4[N+](=O)[O-])cc(c23)C1=O. The van der Waals surface area contributed by atoms with Crippen molar-refractivity contribution in [1.82, 2.24) is 9.80 Å². The predicted molar refractivity (Wildman–Crippen MR) is 121 cm³/mol. The number of likely N-dealkylation sites (N-methyl/N-ethyl adjacent to an activating group) is 1. The van der Waals surface area contributed by atoms with Crippen LogP contribution >= 0.6 is 0 Å². The van der Waals surface area contributed by atoms with E-state index in [2.05, 4.69) is 5.32 Å². The minimum atomic E-state index is -0.717. The lowest BCUT2D eigenvalue weighted by molar-refractivity contribution is -0.393. The maximum absolute atomic E-state index is 13.2. The first kappa shape index (κ1) is 21.8. The molecule has 1 aliphatic rings. The van der Waals surface area contributed by atoms with Crippen LogP contribution in [-0.4, -0.2) is 58.6 Å². The third-order valence-electron chi connectivity index (χ3n) is 5.37. The Balaban J connectivity index is 1.79. The Morgan fingerprint density at radius 3 is 2.33 bits per heavy atom. The zero-order valence-corrected chi connectivity index (χ0v) is 17.8. The highest BCUT2D eigenvalue weighted by Gasteiger charge is 2.33. The van der Waals surface area contributed by atoms with E-state index in [1.54, 1.807) is 24.3 Å². The number of rotatable bonds is 7. The maximum atomic E-state index is 13.2. The van der Waals surface area contributed by atoms with Gasteiger partial charge in [-0.05, 0) is 43.7 Å². The van der Waals surface area contributed by atoms with Crippen molar-refractivity contribution in [1.29, 1.82) is 0 Å². The lowest BCUT2D eigenvalue weighted by Gasteiger charge is -2.28. The van der Waals surface area contributed by atoms with Gasteiger partial charge in [-0.25, -0.2) is 0 Å². The molecule has 0 saturated carbocycles. The molecule has 11 nitrogen and oxygen atoms in total. The normalized spacial score (nSPS) is 13.0. The standard InChI is InChI=1S/C22H19N5O6/c1-24(2)8-9-25-21(28)16-5-3-4-13-10-14(11-17(20(13)16)22(25)29)23-18-7-6-15(26(30)31)12-19(18)27(32)33/h3-7,10-12,23H,8-9H2,1-2H3. The van der Waals surface area contributed by atoms with Crippen LogP contribution in [0.1, 0.15) is 20.7 Å². The number of carbonyl (C=O) groups excluding carboxylic acids is 2. The molecule has 1 heterocycles. The largest absolute Gasteiger partial charge is 0.350 e. The van der Waals surface area contributed by atoms with E-state index >= 15 is 0 Å². The summed E-state index contributed by atoms with van der Waals surface area (Å²) in [4.78, 5) is 50.2. The molecule has 0 radical (unpaired) electrons. The van der Waals surface area contributed by atoms with Crippen molar-refractivity contribution in [3.63, 3.8) is 0 Å². The first-order chi connectivity index (χ1) is 15.7. The molecule has 0 saturated heterocycles. The highest BCUT2D eigenvalue weighted by atomic mass is 16.6. The third-order valence-corrected chi connectivity index (χ3v) is 5.37. The lowest BCUT2D eigenvalue weighted by Crippen LogP contribution is -2.43. The van der Waals surface area contributed by atoms with E-state index < -0.39 is 27.1 Å². The molecule has 1 aliphatic heterocycles. The molecule has 0 spiro atoms. The molecule has 3 aromatic rings. The average molecular weight is 449 g/mol. The van der Waals surface area contributed by atoms with E-state index in [0.29, 0.717) is 34.1 Å². The second-order valence-corrected chi connectivity index (χ2v) is 7.83. The van der Waals surface area contributed by atoms with E-state index in [0.717, 1.165) is 12.1 Å². The number of amides is 2. The number of hydrogen-bond donors (Lipinski definition) is 1. The fourth-order valence-electron chi connectivity index (χ4n) is 3.78. The molecule has 2 amide bonds. The second-order valence-electron chi connectivity index (χ2n) is 7.83. The first-order valence-corrected chi connectivity index (χ1v) is 9.95. The molecule has 168 valence electrons. The van der Waals surface area contributed by atoms with Gasteiger partial charge in [0.05, 0.1) is 21.5 Å². The number of nitro groups is 2. The fourth-order valence-corrected chi connectivity index (χ4v) is 3.78. The molecule has 0 atom stereocenters. The molecular weight excluding hydrogens is 430 g/mol. The number of anilines is 2. The average Bonchev–Trinajstić information content (AvgIpc) is 2.76. The first-order valence-electron chi connectivity index (χ1n) is 9.95. The molecule has 11 heteroatoms. The van der Waals surface area contributed by atoms with Crippen molar-refractivity contribution in [2.75, 3.05) is 32.5 Å². The van der Waals surface area contributed by atoms with E-state index in [-0.39, 0.29) is 18.1 Å². The van der Waals surface area contributed by atoms with Gasteiger partial charge in [0.25, 0.3) is 23.2 Å². The van der Waals surface area contributed by atoms with Crippen LogP contribution < -0.4 is 5.32 Å². The van der Waals surface area contributed by atoms with Gasteiger partial charge in [0.2, 0.25) is 0 Å². The predicted octanol–water partition coefficient (Wildman–Crippen LogP) is 3.56. The molecule has 4 rings (SSSR count). The topological polar surface area (TPSA) is 139 Å². The summed E-state index contributed by atoms with van der Waals surface area (Å²) in [5.74, 6) is -0.820. The summed E-state index contributed by atoms with van der Waals surface area (Å²) in [5.41, 5.74) is 0.248. The number of non-ortho nitro benzene ring substituents is 1. The van der Waals surface area contributed by atoms with Gasteiger partial charge in [0, 0.05) is 35.8 Å². The molecule has 0 bridgehead atoms. The van der Waals surface area contributed by atoms with Gasteiger partial charge in [-0.15, -0.1) is 0 Å². The van der Waals surface area contributed by atoms with Gasteiger partial charge < -0.3 is 10.2 Å². The quantitative estimate of drug-likeness (QED) is 0.328. The van der Waals surface area contributed by atoms with Crippen molar-refractivity contribution < 1.29 is 19.4 Å². The molecular formula is C22H19N5O6. The van der Waals surface area contributed by atoms with Gasteiger partial charge in [0.15, 0.2) is 0 Å². The Kier molecular flexibility index (Phi) is 5.48. The molecule has 0 fully saturated rings. The Morgan fingerprint density at radius 2 is 1.67 bits per heavy atom. The highest BCUT2D eigenvalue weighted by Crippen LogP contribution is 2.36. The van der Waals surface area contributed by atoms with Gasteiger partial charge in [0.1, 0.15) is 5.69 Å². The smallest absolute Gasteiger partial charge is 0.299 e. The van der Waals surface area contributed by atoms with E-state index in [1.807, 2.05) is 19.0 Å². The van der Waals surface area contributed by atoms with Crippen LogP contribution in [-0.2, 0) is 0 Å². The van der Waals surface area contributed by atoms with Gasteiger partial charge in [-0.3, -0.25) is 34.7 Å². The summed E-state index contributed by atoms with van der Waals surface area (Å²) in [6.45, 7) is 0.710.